The fourth-order valence-electron chi connectivity index (χ4n) is 2.22. The quantitative estimate of drug-likeness (QED) is 0.720. The van der Waals surface area contributed by atoms with Crippen LogP contribution in [0.5, 0.6) is 0 Å². The van der Waals surface area contributed by atoms with Crippen LogP contribution in [0.3, 0.4) is 0 Å². The normalized spacial score (nSPS) is 11.1. The van der Waals surface area contributed by atoms with Crippen LogP contribution in [0.4, 0.5) is 0 Å². The molecule has 0 amide bonds. The number of hydrogen-bond donors (Lipinski definition) is 1. The Morgan fingerprint density at radius 1 is 1.18 bits per heavy atom. The Bertz CT molecular complexity index is 629. The van der Waals surface area contributed by atoms with E-state index in [1.54, 1.807) is 6.08 Å². The van der Waals surface area contributed by atoms with E-state index in [2.05, 4.69) is 11.9 Å². The molecule has 1 aromatic carbocycles. The summed E-state index contributed by atoms with van der Waals surface area (Å²) in [4.78, 5) is 15.3. The number of unbranched alkanes of at least 4 members (excludes halogenated alkanes) is 3. The van der Waals surface area contributed by atoms with E-state index >= 15 is 0 Å². The molecule has 1 N–H and O–H groups in total. The SMILES string of the molecule is CCCCCCc1oc(/C=C/c2ccccc2)nc1C(=O)O. The van der Waals surface area contributed by atoms with Crippen LogP contribution in [0.1, 0.15) is 60.3 Å². The minimum absolute atomic E-state index is 0.0317. The zero-order valence-electron chi connectivity index (χ0n) is 12.8. The van der Waals surface area contributed by atoms with Gasteiger partial charge in [0.2, 0.25) is 5.89 Å². The van der Waals surface area contributed by atoms with Crippen molar-refractivity contribution in [1.82, 2.24) is 4.98 Å². The second kappa shape index (κ2) is 8.17. The third kappa shape index (κ3) is 4.58. The second-order valence-corrected chi connectivity index (χ2v) is 5.18. The van der Waals surface area contributed by atoms with Crippen molar-refractivity contribution in [3.8, 4) is 0 Å². The maximum absolute atomic E-state index is 11.3. The van der Waals surface area contributed by atoms with Gasteiger partial charge in [0.15, 0.2) is 5.69 Å². The van der Waals surface area contributed by atoms with E-state index < -0.39 is 5.97 Å². The average Bonchev–Trinajstić information content (AvgIpc) is 2.94. The molecule has 2 aromatic rings. The number of oxazole rings is 1. The van der Waals surface area contributed by atoms with Crippen molar-refractivity contribution in [3.05, 3.63) is 53.2 Å². The van der Waals surface area contributed by atoms with Gasteiger partial charge >= 0.3 is 5.97 Å². The zero-order valence-corrected chi connectivity index (χ0v) is 12.8. The minimum atomic E-state index is -1.03. The van der Waals surface area contributed by atoms with E-state index in [1.807, 2.05) is 36.4 Å². The third-order valence-corrected chi connectivity index (χ3v) is 3.39. The number of hydrogen-bond acceptors (Lipinski definition) is 3. The summed E-state index contributed by atoms with van der Waals surface area (Å²) in [6, 6.07) is 9.75. The molecule has 2 rings (SSSR count). The Kier molecular flexibility index (Phi) is 5.95. The highest BCUT2D eigenvalue weighted by atomic mass is 16.4. The maximum atomic E-state index is 11.3. The summed E-state index contributed by atoms with van der Waals surface area (Å²) in [5.41, 5.74) is 1.05. The number of aryl methyl sites for hydroxylation is 1. The first-order valence-corrected chi connectivity index (χ1v) is 7.67. The lowest BCUT2D eigenvalue weighted by Crippen LogP contribution is -2.01. The van der Waals surface area contributed by atoms with Crippen molar-refractivity contribution in [2.24, 2.45) is 0 Å². The summed E-state index contributed by atoms with van der Waals surface area (Å²) in [7, 11) is 0. The topological polar surface area (TPSA) is 63.3 Å². The van der Waals surface area contributed by atoms with Gasteiger partial charge in [0.1, 0.15) is 5.76 Å². The molecule has 0 atom stereocenters. The van der Waals surface area contributed by atoms with E-state index in [-0.39, 0.29) is 5.69 Å². The van der Waals surface area contributed by atoms with Crippen LogP contribution in [0.25, 0.3) is 12.2 Å². The summed E-state index contributed by atoms with van der Waals surface area (Å²) >= 11 is 0. The first-order valence-electron chi connectivity index (χ1n) is 7.67. The van der Waals surface area contributed by atoms with E-state index in [4.69, 9.17) is 4.42 Å². The Balaban J connectivity index is 2.09. The molecule has 22 heavy (non-hydrogen) atoms. The standard InChI is InChI=1S/C18H21NO3/c1-2-3-4-8-11-15-17(18(20)21)19-16(22-15)13-12-14-9-6-5-7-10-14/h5-7,9-10,12-13H,2-4,8,11H2,1H3,(H,20,21)/b13-12+. The predicted molar refractivity (Wildman–Crippen MR) is 86.7 cm³/mol. The lowest BCUT2D eigenvalue weighted by molar-refractivity contribution is 0.0688. The number of carbonyl (C=O) groups is 1. The van der Waals surface area contributed by atoms with Gasteiger partial charge in [-0.25, -0.2) is 9.78 Å². The molecule has 0 aliphatic heterocycles. The van der Waals surface area contributed by atoms with Gasteiger partial charge < -0.3 is 9.52 Å². The molecular weight excluding hydrogens is 278 g/mol. The fourth-order valence-corrected chi connectivity index (χ4v) is 2.22. The van der Waals surface area contributed by atoms with Crippen LogP contribution in [-0.4, -0.2) is 16.1 Å². The fraction of sp³-hybridized carbons (Fsp3) is 0.333. The monoisotopic (exact) mass is 299 g/mol. The van der Waals surface area contributed by atoms with Gasteiger partial charge in [0.05, 0.1) is 0 Å². The lowest BCUT2D eigenvalue weighted by atomic mass is 10.1. The van der Waals surface area contributed by atoms with Gasteiger partial charge in [-0.2, -0.15) is 0 Å². The van der Waals surface area contributed by atoms with Gasteiger partial charge in [0, 0.05) is 12.5 Å². The van der Waals surface area contributed by atoms with Crippen molar-refractivity contribution in [2.45, 2.75) is 39.0 Å². The molecule has 0 saturated heterocycles. The summed E-state index contributed by atoms with van der Waals surface area (Å²) in [5, 5.41) is 9.22. The van der Waals surface area contributed by atoms with Crippen LogP contribution in [0.15, 0.2) is 34.7 Å². The maximum Gasteiger partial charge on any atom is 0.358 e. The first kappa shape index (κ1) is 16.0. The van der Waals surface area contributed by atoms with Crippen molar-refractivity contribution in [3.63, 3.8) is 0 Å². The summed E-state index contributed by atoms with van der Waals surface area (Å²) in [5.74, 6) is -0.225. The zero-order chi connectivity index (χ0) is 15.8. The van der Waals surface area contributed by atoms with Gasteiger partial charge in [-0.15, -0.1) is 0 Å². The Morgan fingerprint density at radius 3 is 2.64 bits per heavy atom. The van der Waals surface area contributed by atoms with E-state index in [0.717, 1.165) is 31.2 Å². The first-order chi connectivity index (χ1) is 10.7. The van der Waals surface area contributed by atoms with Crippen molar-refractivity contribution in [2.75, 3.05) is 0 Å². The molecule has 0 aliphatic carbocycles. The number of aromatic carboxylic acids is 1. The van der Waals surface area contributed by atoms with E-state index in [1.165, 1.54) is 0 Å². The van der Waals surface area contributed by atoms with Gasteiger partial charge in [0.25, 0.3) is 0 Å². The Hall–Kier alpha value is -2.36. The van der Waals surface area contributed by atoms with Crippen molar-refractivity contribution < 1.29 is 14.3 Å². The van der Waals surface area contributed by atoms with Crippen LogP contribution >= 0.6 is 0 Å². The highest BCUT2D eigenvalue weighted by Crippen LogP contribution is 2.17. The minimum Gasteiger partial charge on any atom is -0.476 e. The molecule has 0 saturated carbocycles. The van der Waals surface area contributed by atoms with Crippen LogP contribution in [0.2, 0.25) is 0 Å². The molecule has 0 radical (unpaired) electrons. The molecule has 4 heteroatoms. The number of nitrogens with zero attached hydrogens (tertiary/aromatic N) is 1. The molecule has 0 aliphatic rings. The molecule has 1 aromatic heterocycles. The highest BCUT2D eigenvalue weighted by Gasteiger charge is 2.17. The van der Waals surface area contributed by atoms with Crippen LogP contribution in [-0.2, 0) is 6.42 Å². The molecule has 0 spiro atoms. The average molecular weight is 299 g/mol. The third-order valence-electron chi connectivity index (χ3n) is 3.39. The summed E-state index contributed by atoms with van der Waals surface area (Å²) < 4.78 is 5.60. The predicted octanol–water partition coefficient (Wildman–Crippen LogP) is 4.67. The number of rotatable bonds is 8. The molecule has 0 unspecified atom stereocenters. The van der Waals surface area contributed by atoms with E-state index in [0.29, 0.717) is 18.1 Å². The molecule has 0 fully saturated rings. The van der Waals surface area contributed by atoms with Crippen LogP contribution in [0, 0.1) is 0 Å². The van der Waals surface area contributed by atoms with Crippen LogP contribution < -0.4 is 0 Å². The van der Waals surface area contributed by atoms with Gasteiger partial charge in [-0.3, -0.25) is 0 Å². The van der Waals surface area contributed by atoms with Gasteiger partial charge in [-0.1, -0.05) is 56.5 Å². The summed E-state index contributed by atoms with van der Waals surface area (Å²) in [6.45, 7) is 2.14. The molecule has 116 valence electrons. The van der Waals surface area contributed by atoms with Gasteiger partial charge in [-0.05, 0) is 18.1 Å². The van der Waals surface area contributed by atoms with Crippen molar-refractivity contribution in [1.29, 1.82) is 0 Å². The number of benzene rings is 1. The Morgan fingerprint density at radius 2 is 1.95 bits per heavy atom. The lowest BCUT2D eigenvalue weighted by Gasteiger charge is -1.97. The smallest absolute Gasteiger partial charge is 0.358 e. The second-order valence-electron chi connectivity index (χ2n) is 5.18. The van der Waals surface area contributed by atoms with Crippen molar-refractivity contribution >= 4 is 18.1 Å². The highest BCUT2D eigenvalue weighted by molar-refractivity contribution is 5.87. The largest absolute Gasteiger partial charge is 0.476 e. The number of carboxylic acid groups (broad SMARTS) is 1. The molecule has 4 nitrogen and oxygen atoms in total. The summed E-state index contributed by atoms with van der Waals surface area (Å²) in [6.07, 6.45) is 8.48. The molecule has 0 bridgehead atoms. The Labute approximate surface area is 130 Å². The number of aromatic nitrogens is 1. The molecular formula is C18H21NO3. The molecule has 1 heterocycles. The van der Waals surface area contributed by atoms with E-state index in [9.17, 15) is 9.90 Å². The number of carboxylic acids is 1.